The van der Waals surface area contributed by atoms with Crippen molar-refractivity contribution < 1.29 is 33.5 Å². The highest BCUT2D eigenvalue weighted by Gasteiger charge is 2.33. The molecule has 0 bridgehead atoms. The number of hydrogen-bond acceptors (Lipinski definition) is 7. The summed E-state index contributed by atoms with van der Waals surface area (Å²) in [6.45, 7) is 0. The Balaban J connectivity index is 2.88. The van der Waals surface area contributed by atoms with Crippen LogP contribution in [0.5, 0.6) is 0 Å². The molecule has 18 heavy (non-hydrogen) atoms. The van der Waals surface area contributed by atoms with E-state index in [0.717, 1.165) is 14.2 Å². The van der Waals surface area contributed by atoms with E-state index in [2.05, 4.69) is 9.47 Å². The van der Waals surface area contributed by atoms with Gasteiger partial charge in [0.15, 0.2) is 0 Å². The van der Waals surface area contributed by atoms with Crippen molar-refractivity contribution in [1.29, 1.82) is 0 Å². The molecular formula is C10H11NO7. The highest BCUT2D eigenvalue weighted by atomic mass is 16.7. The van der Waals surface area contributed by atoms with E-state index in [0.29, 0.717) is 11.1 Å². The summed E-state index contributed by atoms with van der Waals surface area (Å²) in [5.74, 6) is -3.69. The van der Waals surface area contributed by atoms with Crippen LogP contribution in [0, 0.1) is 0 Å². The third kappa shape index (κ3) is 3.06. The zero-order valence-electron chi connectivity index (χ0n) is 9.80. The van der Waals surface area contributed by atoms with E-state index in [1.54, 1.807) is 0 Å². The SMILES string of the molecule is COC(=O)/C=C(\ON1C(=O)CCC1=O)C(=O)OC. The van der Waals surface area contributed by atoms with Crippen LogP contribution in [-0.4, -0.2) is 43.0 Å². The molecule has 0 spiro atoms. The van der Waals surface area contributed by atoms with Gasteiger partial charge in [-0.1, -0.05) is 0 Å². The van der Waals surface area contributed by atoms with Crippen LogP contribution in [0.2, 0.25) is 0 Å². The van der Waals surface area contributed by atoms with Gasteiger partial charge in [-0.05, 0) is 0 Å². The van der Waals surface area contributed by atoms with Crippen LogP contribution >= 0.6 is 0 Å². The highest BCUT2D eigenvalue weighted by molar-refractivity contribution is 6.01. The molecule has 8 nitrogen and oxygen atoms in total. The van der Waals surface area contributed by atoms with E-state index in [1.807, 2.05) is 0 Å². The number of rotatable bonds is 4. The molecule has 1 aliphatic heterocycles. The summed E-state index contributed by atoms with van der Waals surface area (Å²) in [5.41, 5.74) is 0. The van der Waals surface area contributed by atoms with Gasteiger partial charge in [0.1, 0.15) is 0 Å². The molecule has 0 atom stereocenters. The van der Waals surface area contributed by atoms with Gasteiger partial charge in [0, 0.05) is 12.8 Å². The van der Waals surface area contributed by atoms with Crippen molar-refractivity contribution in [3.8, 4) is 0 Å². The number of esters is 2. The molecular weight excluding hydrogens is 246 g/mol. The second kappa shape index (κ2) is 5.80. The lowest BCUT2D eigenvalue weighted by Crippen LogP contribution is -2.31. The van der Waals surface area contributed by atoms with Gasteiger partial charge in [-0.2, -0.15) is 0 Å². The van der Waals surface area contributed by atoms with Crippen molar-refractivity contribution in [1.82, 2.24) is 5.06 Å². The summed E-state index contributed by atoms with van der Waals surface area (Å²) in [6.07, 6.45) is 0.668. The lowest BCUT2D eigenvalue weighted by molar-refractivity contribution is -0.181. The molecule has 1 aliphatic rings. The molecule has 0 aromatic carbocycles. The van der Waals surface area contributed by atoms with E-state index in [9.17, 15) is 19.2 Å². The first-order chi connectivity index (χ1) is 8.49. The number of methoxy groups -OCH3 is 2. The summed E-state index contributed by atoms with van der Waals surface area (Å²) in [5, 5.41) is 0.422. The Labute approximate surface area is 102 Å². The number of nitrogens with zero attached hydrogens (tertiary/aromatic N) is 1. The average Bonchev–Trinajstić information content (AvgIpc) is 2.68. The van der Waals surface area contributed by atoms with Gasteiger partial charge < -0.3 is 14.3 Å². The maximum atomic E-state index is 11.3. The molecule has 1 rings (SSSR count). The van der Waals surface area contributed by atoms with Crippen LogP contribution < -0.4 is 0 Å². The van der Waals surface area contributed by atoms with Gasteiger partial charge in [0.2, 0.25) is 5.76 Å². The van der Waals surface area contributed by atoms with Crippen molar-refractivity contribution in [2.24, 2.45) is 0 Å². The summed E-state index contributed by atoms with van der Waals surface area (Å²) in [4.78, 5) is 49.6. The molecule has 0 unspecified atom stereocenters. The van der Waals surface area contributed by atoms with Crippen LogP contribution in [0.3, 0.4) is 0 Å². The van der Waals surface area contributed by atoms with Crippen molar-refractivity contribution in [2.45, 2.75) is 12.8 Å². The highest BCUT2D eigenvalue weighted by Crippen LogP contribution is 2.15. The Morgan fingerprint density at radius 2 is 1.67 bits per heavy atom. The third-order valence-corrected chi connectivity index (χ3v) is 2.03. The Hall–Kier alpha value is -2.38. The number of carbonyl (C=O) groups excluding carboxylic acids is 4. The minimum atomic E-state index is -1.01. The average molecular weight is 257 g/mol. The Bertz CT molecular complexity index is 410. The predicted molar refractivity (Wildman–Crippen MR) is 54.3 cm³/mol. The Morgan fingerprint density at radius 1 is 1.11 bits per heavy atom. The van der Waals surface area contributed by atoms with Crippen molar-refractivity contribution in [3.63, 3.8) is 0 Å². The van der Waals surface area contributed by atoms with Crippen LogP contribution in [0.15, 0.2) is 11.8 Å². The first-order valence-corrected chi connectivity index (χ1v) is 4.91. The Morgan fingerprint density at radius 3 is 2.11 bits per heavy atom. The quantitative estimate of drug-likeness (QED) is 0.284. The van der Waals surface area contributed by atoms with E-state index in [1.165, 1.54) is 0 Å². The summed E-state index contributed by atoms with van der Waals surface area (Å²) in [7, 11) is 2.16. The van der Waals surface area contributed by atoms with Crippen molar-refractivity contribution >= 4 is 23.8 Å². The van der Waals surface area contributed by atoms with Gasteiger partial charge in [-0.15, -0.1) is 5.06 Å². The molecule has 8 heteroatoms. The molecule has 2 amide bonds. The maximum Gasteiger partial charge on any atom is 0.377 e. The van der Waals surface area contributed by atoms with Gasteiger partial charge in [-0.3, -0.25) is 9.59 Å². The number of carbonyl (C=O) groups is 4. The first kappa shape index (κ1) is 13.7. The topological polar surface area (TPSA) is 99.2 Å². The second-order valence-electron chi connectivity index (χ2n) is 3.20. The summed E-state index contributed by atoms with van der Waals surface area (Å²) >= 11 is 0. The first-order valence-electron chi connectivity index (χ1n) is 4.91. The van der Waals surface area contributed by atoms with Crippen molar-refractivity contribution in [2.75, 3.05) is 14.2 Å². The van der Waals surface area contributed by atoms with Gasteiger partial charge in [0.25, 0.3) is 11.8 Å². The lowest BCUT2D eigenvalue weighted by atomic mass is 10.4. The van der Waals surface area contributed by atoms with E-state index >= 15 is 0 Å². The minimum absolute atomic E-state index is 0.00842. The number of amides is 2. The Kier molecular flexibility index (Phi) is 4.41. The monoisotopic (exact) mass is 257 g/mol. The number of imide groups is 1. The maximum absolute atomic E-state index is 11.3. The molecule has 1 saturated heterocycles. The molecule has 0 N–H and O–H groups in total. The molecule has 1 heterocycles. The fourth-order valence-electron chi connectivity index (χ4n) is 1.15. The fraction of sp³-hybridized carbons (Fsp3) is 0.400. The standard InChI is InChI=1S/C10H11NO7/c1-16-9(14)5-6(10(15)17-2)18-11-7(12)3-4-8(11)13/h5H,3-4H2,1-2H3/b6-5-. The van der Waals surface area contributed by atoms with E-state index < -0.39 is 29.5 Å². The van der Waals surface area contributed by atoms with Gasteiger partial charge in [0.05, 0.1) is 20.3 Å². The number of ether oxygens (including phenoxy) is 2. The predicted octanol–water partition coefficient (Wildman–Crippen LogP) is -0.703. The molecule has 0 saturated carbocycles. The van der Waals surface area contributed by atoms with E-state index in [4.69, 9.17) is 4.84 Å². The molecule has 0 radical (unpaired) electrons. The minimum Gasteiger partial charge on any atom is -0.466 e. The normalized spacial score (nSPS) is 15.7. The number of hydrogen-bond donors (Lipinski definition) is 0. The van der Waals surface area contributed by atoms with Crippen LogP contribution in [0.1, 0.15) is 12.8 Å². The van der Waals surface area contributed by atoms with E-state index in [-0.39, 0.29) is 12.8 Å². The van der Waals surface area contributed by atoms with Crippen molar-refractivity contribution in [3.05, 3.63) is 11.8 Å². The summed E-state index contributed by atoms with van der Waals surface area (Å²) < 4.78 is 8.65. The molecule has 98 valence electrons. The zero-order chi connectivity index (χ0) is 13.7. The molecule has 0 aromatic rings. The fourth-order valence-corrected chi connectivity index (χ4v) is 1.15. The van der Waals surface area contributed by atoms with Crippen LogP contribution in [0.4, 0.5) is 0 Å². The second-order valence-corrected chi connectivity index (χ2v) is 3.20. The van der Waals surface area contributed by atoms with Crippen LogP contribution in [0.25, 0.3) is 0 Å². The van der Waals surface area contributed by atoms with Crippen LogP contribution in [-0.2, 0) is 33.5 Å². The smallest absolute Gasteiger partial charge is 0.377 e. The number of hydroxylamine groups is 2. The third-order valence-electron chi connectivity index (χ3n) is 2.03. The zero-order valence-corrected chi connectivity index (χ0v) is 9.80. The summed E-state index contributed by atoms with van der Waals surface area (Å²) in [6, 6.07) is 0. The van der Waals surface area contributed by atoms with Gasteiger partial charge >= 0.3 is 11.9 Å². The largest absolute Gasteiger partial charge is 0.466 e. The van der Waals surface area contributed by atoms with Gasteiger partial charge in [-0.25, -0.2) is 9.59 Å². The molecule has 0 aromatic heterocycles. The molecule has 1 fully saturated rings. The molecule has 0 aliphatic carbocycles. The lowest BCUT2D eigenvalue weighted by Gasteiger charge is -2.14.